The van der Waals surface area contributed by atoms with Crippen LogP contribution in [0.25, 0.3) is 11.0 Å². The van der Waals surface area contributed by atoms with Crippen molar-refractivity contribution < 1.29 is 0 Å². The minimum absolute atomic E-state index is 0.352. The van der Waals surface area contributed by atoms with Gasteiger partial charge in [0.25, 0.3) is 0 Å². The summed E-state index contributed by atoms with van der Waals surface area (Å²) in [6.07, 6.45) is 1.63. The van der Waals surface area contributed by atoms with Gasteiger partial charge < -0.3 is 10.3 Å². The zero-order valence-electron chi connectivity index (χ0n) is 10.3. The van der Waals surface area contributed by atoms with Crippen molar-refractivity contribution in [3.05, 3.63) is 35.9 Å². The third kappa shape index (κ3) is 1.79. The number of nitrogen functional groups attached to an aromatic ring is 1. The van der Waals surface area contributed by atoms with E-state index in [1.807, 2.05) is 12.1 Å². The first-order chi connectivity index (χ1) is 9.19. The highest BCUT2D eigenvalue weighted by molar-refractivity contribution is 5.84. The fourth-order valence-corrected chi connectivity index (χ4v) is 2.02. The number of hydrogen-bond acceptors (Lipinski definition) is 5. The zero-order valence-corrected chi connectivity index (χ0v) is 10.3. The van der Waals surface area contributed by atoms with Crippen molar-refractivity contribution in [1.82, 2.24) is 24.3 Å². The van der Waals surface area contributed by atoms with Gasteiger partial charge in [-0.3, -0.25) is 4.68 Å². The molecule has 7 nitrogen and oxygen atoms in total. The minimum atomic E-state index is 0.352. The molecule has 2 aromatic heterocycles. The Kier molecular flexibility index (Phi) is 2.42. The van der Waals surface area contributed by atoms with E-state index in [4.69, 9.17) is 11.0 Å². The van der Waals surface area contributed by atoms with Crippen molar-refractivity contribution in [3.63, 3.8) is 0 Å². The molecule has 0 aliphatic carbocycles. The van der Waals surface area contributed by atoms with Crippen molar-refractivity contribution in [1.29, 1.82) is 5.26 Å². The number of aryl methyl sites for hydroxylation is 1. The van der Waals surface area contributed by atoms with Gasteiger partial charge in [-0.05, 0) is 12.1 Å². The number of rotatable bonds is 2. The molecule has 19 heavy (non-hydrogen) atoms. The molecule has 0 saturated carbocycles. The van der Waals surface area contributed by atoms with Crippen LogP contribution in [0.2, 0.25) is 0 Å². The van der Waals surface area contributed by atoms with Crippen LogP contribution in [0.3, 0.4) is 0 Å². The maximum atomic E-state index is 9.06. The molecule has 0 amide bonds. The van der Waals surface area contributed by atoms with E-state index in [0.717, 1.165) is 5.52 Å². The van der Waals surface area contributed by atoms with E-state index in [2.05, 4.69) is 21.1 Å². The van der Waals surface area contributed by atoms with Gasteiger partial charge in [0, 0.05) is 7.05 Å². The predicted octanol–water partition coefficient (Wildman–Crippen LogP) is 0.667. The first-order valence-electron chi connectivity index (χ1n) is 5.68. The standard InChI is InChI=1S/C12H11N7/c1-18-7-15-10(17-18)6-19-9-4-2-3-8(5-13)11(9)16-12(19)14/h2-4,7H,6H2,1H3,(H2,14,16). The van der Waals surface area contributed by atoms with Gasteiger partial charge in [0.15, 0.2) is 5.82 Å². The fourth-order valence-electron chi connectivity index (χ4n) is 2.02. The van der Waals surface area contributed by atoms with Gasteiger partial charge in [0.2, 0.25) is 5.95 Å². The highest BCUT2D eigenvalue weighted by Gasteiger charge is 2.12. The Morgan fingerprint density at radius 2 is 2.26 bits per heavy atom. The predicted molar refractivity (Wildman–Crippen MR) is 69.0 cm³/mol. The molecule has 0 aliphatic heterocycles. The van der Waals surface area contributed by atoms with Crippen LogP contribution >= 0.6 is 0 Å². The van der Waals surface area contributed by atoms with E-state index >= 15 is 0 Å². The van der Waals surface area contributed by atoms with E-state index in [1.165, 1.54) is 0 Å². The maximum Gasteiger partial charge on any atom is 0.201 e. The number of aromatic nitrogens is 5. The van der Waals surface area contributed by atoms with Gasteiger partial charge in [-0.1, -0.05) is 6.07 Å². The molecule has 0 fully saturated rings. The van der Waals surface area contributed by atoms with Gasteiger partial charge in [0.1, 0.15) is 17.9 Å². The number of nitrogens with two attached hydrogens (primary N) is 1. The number of anilines is 1. The Morgan fingerprint density at radius 1 is 1.42 bits per heavy atom. The van der Waals surface area contributed by atoms with E-state index < -0.39 is 0 Å². The number of nitriles is 1. The van der Waals surface area contributed by atoms with Crippen LogP contribution in [0.5, 0.6) is 0 Å². The van der Waals surface area contributed by atoms with Crippen LogP contribution < -0.4 is 5.73 Å². The molecule has 3 rings (SSSR count). The van der Waals surface area contributed by atoms with Crippen LogP contribution in [0.15, 0.2) is 24.5 Å². The molecule has 0 bridgehead atoms. The van der Waals surface area contributed by atoms with Crippen LogP contribution in [-0.2, 0) is 13.6 Å². The number of hydrogen-bond donors (Lipinski definition) is 1. The van der Waals surface area contributed by atoms with E-state index in [9.17, 15) is 0 Å². The quantitative estimate of drug-likeness (QED) is 0.723. The van der Waals surface area contributed by atoms with Crippen molar-refractivity contribution in [2.45, 2.75) is 6.54 Å². The number of imidazole rings is 1. The Labute approximate surface area is 108 Å². The smallest absolute Gasteiger partial charge is 0.201 e. The Bertz CT molecular complexity index is 790. The van der Waals surface area contributed by atoms with Gasteiger partial charge in [-0.15, -0.1) is 0 Å². The van der Waals surface area contributed by atoms with Gasteiger partial charge in [-0.25, -0.2) is 9.97 Å². The molecule has 0 spiro atoms. The summed E-state index contributed by atoms with van der Waals surface area (Å²) < 4.78 is 3.43. The number of para-hydroxylation sites is 1. The second-order valence-electron chi connectivity index (χ2n) is 4.18. The summed E-state index contributed by atoms with van der Waals surface area (Å²) in [6, 6.07) is 7.52. The number of nitrogens with zero attached hydrogens (tertiary/aromatic N) is 6. The summed E-state index contributed by atoms with van der Waals surface area (Å²) in [4.78, 5) is 8.41. The minimum Gasteiger partial charge on any atom is -0.369 e. The first-order valence-corrected chi connectivity index (χ1v) is 5.68. The Balaban J connectivity index is 2.14. The largest absolute Gasteiger partial charge is 0.369 e. The van der Waals surface area contributed by atoms with Crippen molar-refractivity contribution in [2.75, 3.05) is 5.73 Å². The van der Waals surface area contributed by atoms with Gasteiger partial charge >= 0.3 is 0 Å². The van der Waals surface area contributed by atoms with E-state index in [-0.39, 0.29) is 0 Å². The molecule has 94 valence electrons. The molecule has 0 unspecified atom stereocenters. The lowest BCUT2D eigenvalue weighted by Crippen LogP contribution is -2.06. The van der Waals surface area contributed by atoms with Crippen LogP contribution in [0.1, 0.15) is 11.4 Å². The van der Waals surface area contributed by atoms with Crippen LogP contribution in [0, 0.1) is 11.3 Å². The molecule has 0 radical (unpaired) electrons. The van der Waals surface area contributed by atoms with Gasteiger partial charge in [-0.2, -0.15) is 10.4 Å². The SMILES string of the molecule is Cn1cnc(Cn2c(N)nc3c(C#N)cccc32)n1. The summed E-state index contributed by atoms with van der Waals surface area (Å²) in [5.74, 6) is 1.00. The lowest BCUT2D eigenvalue weighted by atomic mass is 10.2. The maximum absolute atomic E-state index is 9.06. The average Bonchev–Trinajstić information content (AvgIpc) is 2.94. The molecule has 1 aromatic carbocycles. The monoisotopic (exact) mass is 253 g/mol. The second kappa shape index (κ2) is 4.10. The van der Waals surface area contributed by atoms with E-state index in [1.54, 1.807) is 28.7 Å². The van der Waals surface area contributed by atoms with E-state index in [0.29, 0.717) is 29.4 Å². The molecule has 0 atom stereocenters. The number of benzene rings is 1. The lowest BCUT2D eigenvalue weighted by molar-refractivity contribution is 0.715. The summed E-state index contributed by atoms with van der Waals surface area (Å²) in [6.45, 7) is 0.429. The Morgan fingerprint density at radius 3 is 2.95 bits per heavy atom. The molecule has 2 heterocycles. The van der Waals surface area contributed by atoms with Crippen LogP contribution in [0.4, 0.5) is 5.95 Å². The summed E-state index contributed by atoms with van der Waals surface area (Å²) in [5, 5.41) is 13.3. The molecule has 3 aromatic rings. The van der Waals surface area contributed by atoms with Crippen molar-refractivity contribution in [2.24, 2.45) is 7.05 Å². The normalized spacial score (nSPS) is 10.7. The third-order valence-electron chi connectivity index (χ3n) is 2.88. The fraction of sp³-hybridized carbons (Fsp3) is 0.167. The first kappa shape index (κ1) is 11.2. The zero-order chi connectivity index (χ0) is 13.4. The topological polar surface area (TPSA) is 98.3 Å². The molecular formula is C12H11N7. The molecule has 0 saturated heterocycles. The summed E-state index contributed by atoms with van der Waals surface area (Å²) in [7, 11) is 1.81. The van der Waals surface area contributed by atoms with Crippen molar-refractivity contribution >= 4 is 17.0 Å². The van der Waals surface area contributed by atoms with Gasteiger partial charge in [0.05, 0.1) is 17.6 Å². The summed E-state index contributed by atoms with van der Waals surface area (Å²) in [5.41, 5.74) is 7.84. The average molecular weight is 253 g/mol. The van der Waals surface area contributed by atoms with Crippen molar-refractivity contribution in [3.8, 4) is 6.07 Å². The second-order valence-corrected chi connectivity index (χ2v) is 4.18. The van der Waals surface area contributed by atoms with Crippen LogP contribution in [-0.4, -0.2) is 24.3 Å². The highest BCUT2D eigenvalue weighted by atomic mass is 15.3. The molecule has 2 N–H and O–H groups in total. The Hall–Kier alpha value is -2.88. The molecular weight excluding hydrogens is 242 g/mol. The lowest BCUT2D eigenvalue weighted by Gasteiger charge is -2.02. The highest BCUT2D eigenvalue weighted by Crippen LogP contribution is 2.21. The summed E-state index contributed by atoms with van der Waals surface area (Å²) >= 11 is 0. The molecule has 7 heteroatoms. The third-order valence-corrected chi connectivity index (χ3v) is 2.88. The molecule has 0 aliphatic rings. The number of fused-ring (bicyclic) bond motifs is 1.